The number of hydrogen-bond acceptors (Lipinski definition) is 1. The van der Waals surface area contributed by atoms with E-state index in [0.29, 0.717) is 16.1 Å². The Morgan fingerprint density at radius 3 is 2.63 bits per heavy atom. The van der Waals surface area contributed by atoms with Gasteiger partial charge in [0.25, 0.3) is 0 Å². The number of benzene rings is 2. The molecule has 94 valence electrons. The first-order valence-corrected chi connectivity index (χ1v) is 6.90. The molecule has 3 aromatic rings. The number of carbonyl (C=O) groups is 1. The maximum atomic E-state index is 12.6. The van der Waals surface area contributed by atoms with Crippen molar-refractivity contribution >= 4 is 44.2 Å². The molecule has 0 saturated heterocycles. The molecule has 1 N–H and O–H groups in total. The number of halogens is 2. The van der Waals surface area contributed by atoms with Gasteiger partial charge in [-0.2, -0.15) is 0 Å². The van der Waals surface area contributed by atoms with Gasteiger partial charge >= 0.3 is 0 Å². The number of ketones is 1. The van der Waals surface area contributed by atoms with Crippen LogP contribution in [-0.4, -0.2) is 10.8 Å². The fourth-order valence-electron chi connectivity index (χ4n) is 2.11. The van der Waals surface area contributed by atoms with Gasteiger partial charge in [-0.05, 0) is 24.3 Å². The van der Waals surface area contributed by atoms with E-state index in [9.17, 15) is 4.79 Å². The smallest absolute Gasteiger partial charge is 0.196 e. The van der Waals surface area contributed by atoms with Crippen molar-refractivity contribution < 1.29 is 4.79 Å². The van der Waals surface area contributed by atoms with Crippen molar-refractivity contribution in [3.8, 4) is 0 Å². The molecule has 0 fully saturated rings. The SMILES string of the molecule is O=C(c1ccccc1Cl)c1c[nH]c2cccc(Br)c12. The number of nitrogens with one attached hydrogen (secondary N) is 1. The summed E-state index contributed by atoms with van der Waals surface area (Å²) < 4.78 is 0.890. The molecular formula is C15H9BrClNO. The van der Waals surface area contributed by atoms with Crippen LogP contribution >= 0.6 is 27.5 Å². The Labute approximate surface area is 123 Å². The number of fused-ring (bicyclic) bond motifs is 1. The Morgan fingerprint density at radius 2 is 1.84 bits per heavy atom. The van der Waals surface area contributed by atoms with E-state index in [0.717, 1.165) is 15.4 Å². The van der Waals surface area contributed by atoms with Crippen molar-refractivity contribution in [2.45, 2.75) is 0 Å². The van der Waals surface area contributed by atoms with Gasteiger partial charge in [0.05, 0.1) is 5.02 Å². The van der Waals surface area contributed by atoms with Crippen LogP contribution in [0.2, 0.25) is 5.02 Å². The van der Waals surface area contributed by atoms with Crippen LogP contribution in [0, 0.1) is 0 Å². The Kier molecular flexibility index (Phi) is 3.17. The van der Waals surface area contributed by atoms with Crippen LogP contribution in [0.5, 0.6) is 0 Å². The average molecular weight is 335 g/mol. The largest absolute Gasteiger partial charge is 0.360 e. The van der Waals surface area contributed by atoms with E-state index in [4.69, 9.17) is 11.6 Å². The molecular weight excluding hydrogens is 326 g/mol. The molecule has 1 aromatic heterocycles. The number of aromatic nitrogens is 1. The first kappa shape index (κ1) is 12.5. The van der Waals surface area contributed by atoms with Crippen molar-refractivity contribution in [1.29, 1.82) is 0 Å². The fourth-order valence-corrected chi connectivity index (χ4v) is 2.91. The van der Waals surface area contributed by atoms with Gasteiger partial charge in [0.2, 0.25) is 0 Å². The molecule has 2 aromatic carbocycles. The van der Waals surface area contributed by atoms with Gasteiger partial charge in [0.15, 0.2) is 5.78 Å². The Balaban J connectivity index is 2.21. The number of carbonyl (C=O) groups excluding carboxylic acids is 1. The van der Waals surface area contributed by atoms with E-state index in [2.05, 4.69) is 20.9 Å². The second kappa shape index (κ2) is 4.83. The van der Waals surface area contributed by atoms with Gasteiger partial charge in [0.1, 0.15) is 0 Å². The quantitative estimate of drug-likeness (QED) is 0.670. The van der Waals surface area contributed by atoms with Crippen molar-refractivity contribution in [2.75, 3.05) is 0 Å². The minimum Gasteiger partial charge on any atom is -0.360 e. The number of hydrogen-bond donors (Lipinski definition) is 1. The summed E-state index contributed by atoms with van der Waals surface area (Å²) in [6.45, 7) is 0. The number of aromatic amines is 1. The normalized spacial score (nSPS) is 10.8. The summed E-state index contributed by atoms with van der Waals surface area (Å²) in [6, 6.07) is 12.8. The molecule has 0 saturated carbocycles. The third kappa shape index (κ3) is 2.09. The lowest BCUT2D eigenvalue weighted by Crippen LogP contribution is -2.01. The maximum absolute atomic E-state index is 12.6. The average Bonchev–Trinajstić information content (AvgIpc) is 2.84. The molecule has 0 aliphatic carbocycles. The van der Waals surface area contributed by atoms with E-state index >= 15 is 0 Å². The van der Waals surface area contributed by atoms with Crippen LogP contribution in [-0.2, 0) is 0 Å². The predicted octanol–water partition coefficient (Wildman–Crippen LogP) is 4.81. The van der Waals surface area contributed by atoms with Gasteiger partial charge in [0, 0.05) is 32.7 Å². The van der Waals surface area contributed by atoms with E-state index in [1.165, 1.54) is 0 Å². The molecule has 0 atom stereocenters. The molecule has 0 radical (unpaired) electrons. The first-order valence-electron chi connectivity index (χ1n) is 5.73. The molecule has 1 heterocycles. The Hall–Kier alpha value is -1.58. The lowest BCUT2D eigenvalue weighted by Gasteiger charge is -2.03. The summed E-state index contributed by atoms with van der Waals surface area (Å²) in [6.07, 6.45) is 1.72. The molecule has 0 amide bonds. The van der Waals surface area contributed by atoms with E-state index < -0.39 is 0 Å². The van der Waals surface area contributed by atoms with Crippen LogP contribution in [0.15, 0.2) is 53.1 Å². The van der Waals surface area contributed by atoms with E-state index in [1.54, 1.807) is 18.3 Å². The summed E-state index contributed by atoms with van der Waals surface area (Å²) in [5, 5.41) is 1.35. The molecule has 0 aliphatic heterocycles. The second-order valence-electron chi connectivity index (χ2n) is 4.17. The summed E-state index contributed by atoms with van der Waals surface area (Å²) in [5.41, 5.74) is 2.06. The van der Waals surface area contributed by atoms with Crippen LogP contribution in [0.3, 0.4) is 0 Å². The van der Waals surface area contributed by atoms with Crippen molar-refractivity contribution in [1.82, 2.24) is 4.98 Å². The third-order valence-corrected chi connectivity index (χ3v) is 4.01. The number of rotatable bonds is 2. The van der Waals surface area contributed by atoms with E-state index in [-0.39, 0.29) is 5.78 Å². The Bertz CT molecular complexity index is 779. The summed E-state index contributed by atoms with van der Waals surface area (Å²) in [4.78, 5) is 15.7. The minimum absolute atomic E-state index is 0.0799. The highest BCUT2D eigenvalue weighted by atomic mass is 79.9. The van der Waals surface area contributed by atoms with Gasteiger partial charge in [-0.1, -0.05) is 45.7 Å². The van der Waals surface area contributed by atoms with Crippen LogP contribution in [0.25, 0.3) is 10.9 Å². The van der Waals surface area contributed by atoms with Crippen molar-refractivity contribution in [2.24, 2.45) is 0 Å². The Morgan fingerprint density at radius 1 is 1.05 bits per heavy atom. The van der Waals surface area contributed by atoms with E-state index in [1.807, 2.05) is 30.3 Å². The summed E-state index contributed by atoms with van der Waals surface area (Å²) in [5.74, 6) is -0.0799. The third-order valence-electron chi connectivity index (χ3n) is 3.02. The van der Waals surface area contributed by atoms with Gasteiger partial charge in [-0.3, -0.25) is 4.79 Å². The van der Waals surface area contributed by atoms with Crippen molar-refractivity contribution in [3.05, 3.63) is 69.3 Å². The lowest BCUT2D eigenvalue weighted by molar-refractivity contribution is 0.104. The lowest BCUT2D eigenvalue weighted by atomic mass is 10.0. The maximum Gasteiger partial charge on any atom is 0.196 e. The fraction of sp³-hybridized carbons (Fsp3) is 0. The highest BCUT2D eigenvalue weighted by Gasteiger charge is 2.17. The first-order chi connectivity index (χ1) is 9.18. The summed E-state index contributed by atoms with van der Waals surface area (Å²) in [7, 11) is 0. The predicted molar refractivity (Wildman–Crippen MR) is 80.9 cm³/mol. The molecule has 0 bridgehead atoms. The van der Waals surface area contributed by atoms with Crippen LogP contribution in [0.1, 0.15) is 15.9 Å². The molecule has 2 nitrogen and oxygen atoms in total. The highest BCUT2D eigenvalue weighted by molar-refractivity contribution is 9.10. The van der Waals surface area contributed by atoms with Crippen molar-refractivity contribution in [3.63, 3.8) is 0 Å². The van der Waals surface area contributed by atoms with Gasteiger partial charge in [-0.15, -0.1) is 0 Å². The standard InChI is InChI=1S/C15H9BrClNO/c16-11-5-3-7-13-14(11)10(8-18-13)15(19)9-4-1-2-6-12(9)17/h1-8,18H. The molecule has 0 unspecified atom stereocenters. The molecule has 0 spiro atoms. The molecule has 0 aliphatic rings. The molecule has 3 rings (SSSR count). The number of H-pyrrole nitrogens is 1. The van der Waals surface area contributed by atoms with Crippen LogP contribution < -0.4 is 0 Å². The van der Waals surface area contributed by atoms with Gasteiger partial charge < -0.3 is 4.98 Å². The zero-order valence-electron chi connectivity index (χ0n) is 9.78. The van der Waals surface area contributed by atoms with Gasteiger partial charge in [-0.25, -0.2) is 0 Å². The molecule has 4 heteroatoms. The highest BCUT2D eigenvalue weighted by Crippen LogP contribution is 2.29. The summed E-state index contributed by atoms with van der Waals surface area (Å²) >= 11 is 9.57. The molecule has 19 heavy (non-hydrogen) atoms. The topological polar surface area (TPSA) is 32.9 Å². The zero-order valence-corrected chi connectivity index (χ0v) is 12.1. The second-order valence-corrected chi connectivity index (χ2v) is 5.44. The van der Waals surface area contributed by atoms with Crippen LogP contribution in [0.4, 0.5) is 0 Å². The zero-order chi connectivity index (χ0) is 13.4. The minimum atomic E-state index is -0.0799. The monoisotopic (exact) mass is 333 g/mol.